The van der Waals surface area contributed by atoms with Crippen LogP contribution in [0, 0.1) is 0 Å². The Hall–Kier alpha value is -0.610. The van der Waals surface area contributed by atoms with Gasteiger partial charge in [0.25, 0.3) is 0 Å². The first-order valence-electron chi connectivity index (χ1n) is 4.09. The third-order valence-corrected chi connectivity index (χ3v) is 1.47. The standard InChI is InChI=1S/C8H18N2O2/c1-10(2)7-6-9-5-4-8(11)12-3/h9H,4-7H2,1-3H3. The molecule has 4 heteroatoms. The Kier molecular flexibility index (Phi) is 6.70. The van der Waals surface area contributed by atoms with Gasteiger partial charge in [-0.1, -0.05) is 0 Å². The molecule has 0 aliphatic rings. The largest absolute Gasteiger partial charge is 0.469 e. The Morgan fingerprint density at radius 2 is 2.08 bits per heavy atom. The van der Waals surface area contributed by atoms with E-state index < -0.39 is 0 Å². The van der Waals surface area contributed by atoms with E-state index >= 15 is 0 Å². The van der Waals surface area contributed by atoms with Gasteiger partial charge in [0.05, 0.1) is 13.5 Å². The van der Waals surface area contributed by atoms with E-state index in [1.54, 1.807) is 0 Å². The highest BCUT2D eigenvalue weighted by molar-refractivity contribution is 5.69. The van der Waals surface area contributed by atoms with Crippen molar-refractivity contribution in [3.05, 3.63) is 0 Å². The third kappa shape index (κ3) is 7.50. The zero-order chi connectivity index (χ0) is 9.40. The van der Waals surface area contributed by atoms with E-state index in [0.717, 1.165) is 13.1 Å². The molecule has 0 amide bonds. The molecule has 72 valence electrons. The van der Waals surface area contributed by atoms with Gasteiger partial charge >= 0.3 is 5.97 Å². The van der Waals surface area contributed by atoms with E-state index in [0.29, 0.717) is 13.0 Å². The highest BCUT2D eigenvalue weighted by Gasteiger charge is 1.97. The first-order valence-corrected chi connectivity index (χ1v) is 4.09. The molecule has 0 atom stereocenters. The Morgan fingerprint density at radius 1 is 1.42 bits per heavy atom. The van der Waals surface area contributed by atoms with Gasteiger partial charge in [0.15, 0.2) is 0 Å². The zero-order valence-corrected chi connectivity index (χ0v) is 8.09. The summed E-state index contributed by atoms with van der Waals surface area (Å²) in [6.45, 7) is 2.59. The molecule has 0 aromatic rings. The number of esters is 1. The van der Waals surface area contributed by atoms with Crippen molar-refractivity contribution in [2.24, 2.45) is 0 Å². The van der Waals surface area contributed by atoms with E-state index in [2.05, 4.69) is 15.0 Å². The average Bonchev–Trinajstić information content (AvgIpc) is 2.03. The molecule has 0 aliphatic carbocycles. The van der Waals surface area contributed by atoms with Gasteiger partial charge in [0, 0.05) is 19.6 Å². The molecule has 0 aliphatic heterocycles. The number of hydrogen-bond donors (Lipinski definition) is 1. The number of carbonyl (C=O) groups excluding carboxylic acids is 1. The van der Waals surface area contributed by atoms with Crippen molar-refractivity contribution in [2.45, 2.75) is 6.42 Å². The fraction of sp³-hybridized carbons (Fsp3) is 0.875. The molecular formula is C8H18N2O2. The Morgan fingerprint density at radius 3 is 2.58 bits per heavy atom. The summed E-state index contributed by atoms with van der Waals surface area (Å²) in [5.41, 5.74) is 0. The topological polar surface area (TPSA) is 41.6 Å². The first kappa shape index (κ1) is 11.4. The minimum Gasteiger partial charge on any atom is -0.469 e. The van der Waals surface area contributed by atoms with Gasteiger partial charge < -0.3 is 15.0 Å². The smallest absolute Gasteiger partial charge is 0.306 e. The van der Waals surface area contributed by atoms with Crippen molar-refractivity contribution < 1.29 is 9.53 Å². The van der Waals surface area contributed by atoms with Gasteiger partial charge in [-0.3, -0.25) is 4.79 Å². The van der Waals surface area contributed by atoms with Gasteiger partial charge in [-0.05, 0) is 14.1 Å². The highest BCUT2D eigenvalue weighted by Crippen LogP contribution is 1.80. The molecule has 0 spiro atoms. The normalized spacial score (nSPS) is 10.3. The van der Waals surface area contributed by atoms with Crippen LogP contribution in [-0.2, 0) is 9.53 Å². The summed E-state index contributed by atoms with van der Waals surface area (Å²) >= 11 is 0. The van der Waals surface area contributed by atoms with E-state index in [9.17, 15) is 4.79 Å². The molecule has 0 aromatic carbocycles. The van der Waals surface area contributed by atoms with Crippen LogP contribution < -0.4 is 5.32 Å². The summed E-state index contributed by atoms with van der Waals surface area (Å²) in [7, 11) is 5.44. The van der Waals surface area contributed by atoms with Crippen molar-refractivity contribution in [2.75, 3.05) is 40.8 Å². The lowest BCUT2D eigenvalue weighted by atomic mass is 10.4. The van der Waals surface area contributed by atoms with Gasteiger partial charge in [0.2, 0.25) is 0 Å². The monoisotopic (exact) mass is 174 g/mol. The number of methoxy groups -OCH3 is 1. The number of likely N-dealkylation sites (N-methyl/N-ethyl adjacent to an activating group) is 1. The second kappa shape index (κ2) is 7.06. The SMILES string of the molecule is COC(=O)CCNCCN(C)C. The molecule has 0 bridgehead atoms. The summed E-state index contributed by atoms with van der Waals surface area (Å²) < 4.78 is 4.49. The molecule has 0 radical (unpaired) electrons. The molecule has 0 unspecified atom stereocenters. The number of nitrogens with one attached hydrogen (secondary N) is 1. The second-order valence-electron chi connectivity index (χ2n) is 2.88. The summed E-state index contributed by atoms with van der Waals surface area (Å²) in [6, 6.07) is 0. The van der Waals surface area contributed by atoms with Crippen LogP contribution in [0.2, 0.25) is 0 Å². The number of hydrogen-bond acceptors (Lipinski definition) is 4. The van der Waals surface area contributed by atoms with Gasteiger partial charge in [-0.25, -0.2) is 0 Å². The molecular weight excluding hydrogens is 156 g/mol. The summed E-state index contributed by atoms with van der Waals surface area (Å²) in [5.74, 6) is -0.160. The maximum absolute atomic E-state index is 10.6. The lowest BCUT2D eigenvalue weighted by Gasteiger charge is -2.09. The molecule has 0 rings (SSSR count). The minimum atomic E-state index is -0.160. The van der Waals surface area contributed by atoms with Crippen LogP contribution in [-0.4, -0.2) is 51.7 Å². The first-order chi connectivity index (χ1) is 5.66. The molecule has 1 N–H and O–H groups in total. The van der Waals surface area contributed by atoms with E-state index in [1.807, 2.05) is 14.1 Å². The fourth-order valence-electron chi connectivity index (χ4n) is 0.720. The van der Waals surface area contributed by atoms with Gasteiger partial charge in [0.1, 0.15) is 0 Å². The predicted octanol–water partition coefficient (Wildman–Crippen LogP) is -0.299. The molecule has 0 fully saturated rings. The van der Waals surface area contributed by atoms with Gasteiger partial charge in [-0.15, -0.1) is 0 Å². The Bertz CT molecular complexity index is 126. The van der Waals surface area contributed by atoms with Crippen LogP contribution in [0.15, 0.2) is 0 Å². The van der Waals surface area contributed by atoms with Crippen LogP contribution in [0.25, 0.3) is 0 Å². The van der Waals surface area contributed by atoms with Crippen LogP contribution in [0.3, 0.4) is 0 Å². The van der Waals surface area contributed by atoms with Gasteiger partial charge in [-0.2, -0.15) is 0 Å². The zero-order valence-electron chi connectivity index (χ0n) is 8.09. The summed E-state index contributed by atoms with van der Waals surface area (Å²) in [4.78, 5) is 12.7. The lowest BCUT2D eigenvalue weighted by molar-refractivity contribution is -0.140. The molecule has 0 heterocycles. The molecule has 0 saturated carbocycles. The summed E-state index contributed by atoms with van der Waals surface area (Å²) in [5, 5.41) is 3.14. The number of rotatable bonds is 6. The molecule has 12 heavy (non-hydrogen) atoms. The Balaban J connectivity index is 3.05. The van der Waals surface area contributed by atoms with E-state index in [4.69, 9.17) is 0 Å². The van der Waals surface area contributed by atoms with E-state index in [1.165, 1.54) is 7.11 Å². The second-order valence-corrected chi connectivity index (χ2v) is 2.88. The third-order valence-electron chi connectivity index (χ3n) is 1.47. The molecule has 0 saturated heterocycles. The van der Waals surface area contributed by atoms with Crippen molar-refractivity contribution in [3.8, 4) is 0 Å². The van der Waals surface area contributed by atoms with Crippen LogP contribution >= 0.6 is 0 Å². The van der Waals surface area contributed by atoms with Crippen LogP contribution in [0.1, 0.15) is 6.42 Å². The van der Waals surface area contributed by atoms with Crippen LogP contribution in [0.4, 0.5) is 0 Å². The predicted molar refractivity (Wildman–Crippen MR) is 48.1 cm³/mol. The van der Waals surface area contributed by atoms with Crippen molar-refractivity contribution in [1.29, 1.82) is 0 Å². The maximum atomic E-state index is 10.6. The number of carbonyl (C=O) groups is 1. The Labute approximate surface area is 73.9 Å². The van der Waals surface area contributed by atoms with Crippen molar-refractivity contribution in [3.63, 3.8) is 0 Å². The van der Waals surface area contributed by atoms with Crippen molar-refractivity contribution in [1.82, 2.24) is 10.2 Å². The minimum absolute atomic E-state index is 0.160. The number of nitrogens with zero attached hydrogens (tertiary/aromatic N) is 1. The summed E-state index contributed by atoms with van der Waals surface area (Å²) in [6.07, 6.45) is 0.448. The van der Waals surface area contributed by atoms with Crippen molar-refractivity contribution >= 4 is 5.97 Å². The lowest BCUT2D eigenvalue weighted by Crippen LogP contribution is -2.28. The quantitative estimate of drug-likeness (QED) is 0.443. The van der Waals surface area contributed by atoms with Crippen LogP contribution in [0.5, 0.6) is 0 Å². The van der Waals surface area contributed by atoms with E-state index in [-0.39, 0.29) is 5.97 Å². The number of ether oxygens (including phenoxy) is 1. The molecule has 0 aromatic heterocycles. The highest BCUT2D eigenvalue weighted by atomic mass is 16.5. The average molecular weight is 174 g/mol. The fourth-order valence-corrected chi connectivity index (χ4v) is 0.720. The molecule has 4 nitrogen and oxygen atoms in total. The maximum Gasteiger partial charge on any atom is 0.306 e.